The number of urea groups is 1. The maximum absolute atomic E-state index is 15.1. The number of hydrogen-bond acceptors (Lipinski definition) is 6. The van der Waals surface area contributed by atoms with Crippen LogP contribution in [0.3, 0.4) is 0 Å². The Hall–Kier alpha value is -3.12. The molecular formula is C43H52ClF3N2O6. The van der Waals surface area contributed by atoms with E-state index >= 15 is 4.79 Å². The molecule has 2 aromatic rings. The van der Waals surface area contributed by atoms with Crippen LogP contribution in [0.4, 0.5) is 18.0 Å². The van der Waals surface area contributed by atoms with Crippen LogP contribution in [-0.2, 0) is 10.9 Å². The summed E-state index contributed by atoms with van der Waals surface area (Å²) in [7, 11) is 0. The number of fused-ring (bicyclic) bond motifs is 1. The summed E-state index contributed by atoms with van der Waals surface area (Å²) in [5.41, 5.74) is -3.90. The number of amides is 2. The Balaban J connectivity index is 1.19. The van der Waals surface area contributed by atoms with E-state index in [1.54, 1.807) is 4.90 Å². The quantitative estimate of drug-likeness (QED) is 0.182. The number of rotatable bonds is 8. The molecule has 1 aromatic carbocycles. The SMILES string of the molecule is CC(C)NC(=O)N(CC1CCCO1)CC1(O)CCC2C34C=CC5(C=C3C(=O)c3ccc(-c6cc(C(F)(F)F)ccc6Cl)o3)CC(O)CCC5(C)C4CCC21C. The van der Waals surface area contributed by atoms with Crippen LogP contribution in [0.2, 0.25) is 5.02 Å². The minimum absolute atomic E-state index is 0.00750. The van der Waals surface area contributed by atoms with Crippen molar-refractivity contribution in [2.75, 3.05) is 19.7 Å². The lowest BCUT2D eigenvalue weighted by Crippen LogP contribution is -2.67. The van der Waals surface area contributed by atoms with Crippen molar-refractivity contribution >= 4 is 23.4 Å². The fourth-order valence-corrected chi connectivity index (χ4v) is 12.3. The number of benzene rings is 1. The van der Waals surface area contributed by atoms with Gasteiger partial charge in [-0.3, -0.25) is 4.79 Å². The molecule has 9 atom stereocenters. The van der Waals surface area contributed by atoms with Gasteiger partial charge in [0.05, 0.1) is 34.9 Å². The van der Waals surface area contributed by atoms with Gasteiger partial charge < -0.3 is 29.6 Å². The molecule has 9 rings (SSSR count). The van der Waals surface area contributed by atoms with E-state index in [2.05, 4.69) is 37.4 Å². The summed E-state index contributed by atoms with van der Waals surface area (Å²) in [6.07, 6.45) is 7.40. The van der Waals surface area contributed by atoms with Gasteiger partial charge in [0.25, 0.3) is 0 Å². The zero-order chi connectivity index (χ0) is 39.3. The van der Waals surface area contributed by atoms with E-state index in [1.165, 1.54) is 18.2 Å². The number of halogens is 4. The molecule has 6 aliphatic carbocycles. The van der Waals surface area contributed by atoms with Gasteiger partial charge in [-0.2, -0.15) is 13.2 Å². The average molecular weight is 785 g/mol. The Bertz CT molecular complexity index is 1940. The smallest absolute Gasteiger partial charge is 0.416 e. The second-order valence-electron chi connectivity index (χ2n) is 18.1. The Morgan fingerprint density at radius 3 is 2.45 bits per heavy atom. The number of nitrogens with zero attached hydrogens (tertiary/aromatic N) is 1. The van der Waals surface area contributed by atoms with Crippen LogP contribution in [0, 0.1) is 33.5 Å². The molecule has 8 nitrogen and oxygen atoms in total. The van der Waals surface area contributed by atoms with Gasteiger partial charge >= 0.3 is 12.2 Å². The lowest BCUT2D eigenvalue weighted by molar-refractivity contribution is -0.175. The topological polar surface area (TPSA) is 112 Å². The Morgan fingerprint density at radius 1 is 1.02 bits per heavy atom. The Labute approximate surface area is 325 Å². The first-order valence-corrected chi connectivity index (χ1v) is 20.3. The maximum Gasteiger partial charge on any atom is 0.416 e. The molecule has 1 saturated heterocycles. The first-order chi connectivity index (χ1) is 25.9. The maximum atomic E-state index is 15.1. The molecule has 2 amide bonds. The molecule has 2 bridgehead atoms. The van der Waals surface area contributed by atoms with E-state index in [9.17, 15) is 28.2 Å². The van der Waals surface area contributed by atoms with Crippen molar-refractivity contribution in [2.45, 2.75) is 116 Å². The highest BCUT2D eigenvalue weighted by Crippen LogP contribution is 2.78. The number of alkyl halides is 3. The van der Waals surface area contributed by atoms with Crippen LogP contribution >= 0.6 is 11.6 Å². The van der Waals surface area contributed by atoms with Crippen molar-refractivity contribution in [2.24, 2.45) is 33.5 Å². The van der Waals surface area contributed by atoms with Crippen LogP contribution < -0.4 is 5.32 Å². The minimum atomic E-state index is -4.59. The number of Topliss-reactive ketones (excluding diaryl/α,β-unsaturated/α-hetero) is 1. The number of carbonyl (C=O) groups excluding carboxylic acids is 2. The highest BCUT2D eigenvalue weighted by Gasteiger charge is 2.74. The highest BCUT2D eigenvalue weighted by atomic mass is 35.5. The lowest BCUT2D eigenvalue weighted by atomic mass is 9.32. The monoisotopic (exact) mass is 784 g/mol. The summed E-state index contributed by atoms with van der Waals surface area (Å²) in [5.74, 6) is -0.478. The van der Waals surface area contributed by atoms with Crippen molar-refractivity contribution < 1.29 is 42.1 Å². The summed E-state index contributed by atoms with van der Waals surface area (Å²) in [4.78, 5) is 30.5. The molecule has 2 spiro atoms. The number of ketones is 1. The van der Waals surface area contributed by atoms with Crippen molar-refractivity contribution in [1.82, 2.24) is 10.2 Å². The standard InChI is InChI=1S/C43H52ClF3N2O6/c1-25(2)48-37(52)49(23-28-6-5-19-54-28)24-41(53)16-13-35-39(41,4)15-12-34-38(3)14-11-27(50)21-40(38)17-18-42(34,35)30(22-40)36(51)33-10-9-32(55-33)29-20-26(43(45,46)47)7-8-31(29)44/h7-10,17-18,20,22,25,27-28,34-35,50,53H,5-6,11-16,19,21,23-24H2,1-4H3,(H,48,52). The fraction of sp³-hybridized carbons (Fsp3) is 0.628. The van der Waals surface area contributed by atoms with Crippen LogP contribution in [0.15, 0.2) is 58.6 Å². The first-order valence-electron chi connectivity index (χ1n) is 19.9. The molecule has 3 saturated carbocycles. The normalized spacial score (nSPS) is 37.7. The predicted molar refractivity (Wildman–Crippen MR) is 201 cm³/mol. The summed E-state index contributed by atoms with van der Waals surface area (Å²) in [6.45, 7) is 9.39. The largest absolute Gasteiger partial charge is 0.453 e. The highest BCUT2D eigenvalue weighted by molar-refractivity contribution is 6.33. The third kappa shape index (κ3) is 5.87. The van der Waals surface area contributed by atoms with E-state index in [4.69, 9.17) is 20.8 Å². The first kappa shape index (κ1) is 38.7. The van der Waals surface area contributed by atoms with E-state index in [1.807, 2.05) is 13.8 Å². The zero-order valence-corrected chi connectivity index (χ0v) is 32.7. The Morgan fingerprint density at radius 2 is 1.75 bits per heavy atom. The zero-order valence-electron chi connectivity index (χ0n) is 32.0. The fourth-order valence-electron chi connectivity index (χ4n) is 12.1. The number of aliphatic hydroxyl groups is 2. The molecule has 1 aromatic heterocycles. The third-order valence-electron chi connectivity index (χ3n) is 14.9. The van der Waals surface area contributed by atoms with Crippen molar-refractivity contribution in [3.05, 3.63) is 70.5 Å². The molecule has 7 aliphatic rings. The lowest BCUT2D eigenvalue weighted by Gasteiger charge is -2.71. The molecule has 1 aliphatic heterocycles. The van der Waals surface area contributed by atoms with Crippen LogP contribution in [0.5, 0.6) is 0 Å². The van der Waals surface area contributed by atoms with E-state index < -0.39 is 39.7 Å². The number of carbonyl (C=O) groups is 2. The van der Waals surface area contributed by atoms with Crippen molar-refractivity contribution in [3.63, 3.8) is 0 Å². The number of nitrogens with one attached hydrogen (secondary N) is 1. The van der Waals surface area contributed by atoms with Gasteiger partial charge in [-0.25, -0.2) is 4.79 Å². The van der Waals surface area contributed by atoms with Gasteiger partial charge in [-0.1, -0.05) is 43.7 Å². The van der Waals surface area contributed by atoms with E-state index in [0.29, 0.717) is 50.8 Å². The van der Waals surface area contributed by atoms with Crippen molar-refractivity contribution in [1.29, 1.82) is 0 Å². The second kappa shape index (κ2) is 13.2. The van der Waals surface area contributed by atoms with Gasteiger partial charge in [0, 0.05) is 46.6 Å². The number of ether oxygens (including phenoxy) is 1. The summed E-state index contributed by atoms with van der Waals surface area (Å²) in [5, 5.41) is 27.1. The van der Waals surface area contributed by atoms with Crippen LogP contribution in [-0.4, -0.2) is 70.5 Å². The molecule has 2 heterocycles. The summed E-state index contributed by atoms with van der Waals surface area (Å²) in [6, 6.07) is 5.67. The van der Waals surface area contributed by atoms with Gasteiger partial charge in [0.2, 0.25) is 5.78 Å². The van der Waals surface area contributed by atoms with Crippen LogP contribution in [0.25, 0.3) is 11.3 Å². The second-order valence-corrected chi connectivity index (χ2v) is 18.5. The molecule has 9 unspecified atom stereocenters. The average Bonchev–Trinajstić information content (AvgIpc) is 3.87. The molecule has 4 fully saturated rings. The predicted octanol–water partition coefficient (Wildman–Crippen LogP) is 8.99. The molecule has 0 radical (unpaired) electrons. The molecule has 298 valence electrons. The summed E-state index contributed by atoms with van der Waals surface area (Å²) < 4.78 is 53.1. The van der Waals surface area contributed by atoms with E-state index in [0.717, 1.165) is 37.8 Å². The minimum Gasteiger partial charge on any atom is -0.453 e. The molecule has 3 N–H and O–H groups in total. The molecule has 55 heavy (non-hydrogen) atoms. The van der Waals surface area contributed by atoms with E-state index in [-0.39, 0.29) is 69.9 Å². The van der Waals surface area contributed by atoms with Gasteiger partial charge in [-0.05, 0) is 119 Å². The molecule has 12 heteroatoms. The van der Waals surface area contributed by atoms with Gasteiger partial charge in [0.1, 0.15) is 5.76 Å². The number of hydrogen-bond donors (Lipinski definition) is 3. The van der Waals surface area contributed by atoms with Gasteiger partial charge in [0.15, 0.2) is 5.76 Å². The number of allylic oxidation sites excluding steroid dienone is 4. The van der Waals surface area contributed by atoms with Gasteiger partial charge in [-0.15, -0.1) is 0 Å². The third-order valence-corrected chi connectivity index (χ3v) is 15.3. The molecular weight excluding hydrogens is 733 g/mol. The van der Waals surface area contributed by atoms with Crippen LogP contribution in [0.1, 0.15) is 102 Å². The number of aliphatic hydroxyl groups excluding tert-OH is 1. The Kier molecular flexibility index (Phi) is 9.31. The summed E-state index contributed by atoms with van der Waals surface area (Å²) >= 11 is 6.38. The van der Waals surface area contributed by atoms with Crippen molar-refractivity contribution in [3.8, 4) is 11.3 Å². The number of furan rings is 1.